The first kappa shape index (κ1) is 23.4. The van der Waals surface area contributed by atoms with Crippen LogP contribution in [0.15, 0.2) is 12.1 Å². The van der Waals surface area contributed by atoms with E-state index in [1.807, 2.05) is 0 Å². The topological polar surface area (TPSA) is 54.0 Å². The molecule has 9 heteroatoms. The van der Waals surface area contributed by atoms with Crippen LogP contribution in [0.25, 0.3) is 0 Å². The van der Waals surface area contributed by atoms with E-state index in [2.05, 4.69) is 11.7 Å². The smallest absolute Gasteiger partial charge is 0.459 e. The van der Waals surface area contributed by atoms with Gasteiger partial charge in [0.2, 0.25) is 0 Å². The quantitative estimate of drug-likeness (QED) is 0.223. The largest absolute Gasteiger partial charge is 1.00 e. The Labute approximate surface area is 160 Å². The second kappa shape index (κ2) is 13.6. The van der Waals surface area contributed by atoms with Crippen LogP contribution < -0.4 is 29.6 Å². The fourth-order valence-electron chi connectivity index (χ4n) is 1.54. The van der Waals surface area contributed by atoms with Crippen molar-refractivity contribution in [1.29, 1.82) is 0 Å². The summed E-state index contributed by atoms with van der Waals surface area (Å²) in [5.41, 5.74) is -0.930. The summed E-state index contributed by atoms with van der Waals surface area (Å²) < 4.78 is 59.2. The van der Waals surface area contributed by atoms with Gasteiger partial charge in [0.05, 0.1) is 33.0 Å². The van der Waals surface area contributed by atoms with Gasteiger partial charge in [-0.15, -0.1) is 0 Å². The third-order valence-electron chi connectivity index (χ3n) is 2.56. The SMILES string of the molecule is [CH2-]COCCOCCOCCOC(=O)c1c(F)cc(F)cc1F.[Na+]. The molecular weight excluding hydrogens is 340 g/mol. The van der Waals surface area contributed by atoms with E-state index in [9.17, 15) is 18.0 Å². The van der Waals surface area contributed by atoms with Gasteiger partial charge in [-0.2, -0.15) is 0 Å². The minimum Gasteiger partial charge on any atom is -0.459 e. The summed E-state index contributed by atoms with van der Waals surface area (Å²) in [6.45, 7) is 5.16. The zero-order valence-corrected chi connectivity index (χ0v) is 15.5. The van der Waals surface area contributed by atoms with Crippen LogP contribution in [0.2, 0.25) is 0 Å². The average molecular weight is 358 g/mol. The van der Waals surface area contributed by atoms with Gasteiger partial charge in [0.15, 0.2) is 0 Å². The predicted molar refractivity (Wildman–Crippen MR) is 74.4 cm³/mol. The van der Waals surface area contributed by atoms with Gasteiger partial charge in [-0.25, -0.2) is 18.0 Å². The molecule has 0 aliphatic heterocycles. The first-order valence-electron chi connectivity index (χ1n) is 6.90. The molecule has 0 N–H and O–H groups in total. The van der Waals surface area contributed by atoms with Crippen LogP contribution in [0.1, 0.15) is 10.4 Å². The molecule has 0 aromatic heterocycles. The van der Waals surface area contributed by atoms with Crippen LogP contribution in [0, 0.1) is 24.4 Å². The van der Waals surface area contributed by atoms with Crippen molar-refractivity contribution in [2.24, 2.45) is 0 Å². The number of esters is 1. The molecular formula is C15H18F3NaO5. The summed E-state index contributed by atoms with van der Waals surface area (Å²) in [5, 5.41) is 0. The Bertz CT molecular complexity index is 479. The molecule has 1 aromatic rings. The van der Waals surface area contributed by atoms with Gasteiger partial charge >= 0.3 is 35.5 Å². The minimum absolute atomic E-state index is 0. The number of benzene rings is 1. The normalized spacial score (nSPS) is 10.3. The number of rotatable bonds is 11. The van der Waals surface area contributed by atoms with Crippen molar-refractivity contribution in [1.82, 2.24) is 0 Å². The van der Waals surface area contributed by atoms with Crippen LogP contribution in [0.5, 0.6) is 0 Å². The summed E-state index contributed by atoms with van der Waals surface area (Å²) in [5.74, 6) is -4.96. The number of halogens is 3. The standard InChI is InChI=1S/C15H18F3O5.Na/c1-2-20-3-4-21-5-6-22-7-8-23-15(19)14-12(17)9-11(16)10-13(14)18;/h9-10H,1-8H2;/q-1;+1. The van der Waals surface area contributed by atoms with E-state index >= 15 is 0 Å². The van der Waals surface area contributed by atoms with Crippen LogP contribution in [0.3, 0.4) is 0 Å². The third kappa shape index (κ3) is 9.00. The molecule has 0 aliphatic carbocycles. The molecule has 0 spiro atoms. The van der Waals surface area contributed by atoms with E-state index < -0.39 is 29.0 Å². The summed E-state index contributed by atoms with van der Waals surface area (Å²) in [6, 6.07) is 0.817. The molecule has 0 saturated heterocycles. The van der Waals surface area contributed by atoms with Crippen LogP contribution >= 0.6 is 0 Å². The summed E-state index contributed by atoms with van der Waals surface area (Å²) >= 11 is 0. The maximum Gasteiger partial charge on any atom is 1.00 e. The van der Waals surface area contributed by atoms with Crippen molar-refractivity contribution in [3.63, 3.8) is 0 Å². The van der Waals surface area contributed by atoms with Gasteiger partial charge in [-0.1, -0.05) is 6.61 Å². The molecule has 5 nitrogen and oxygen atoms in total. The Kier molecular flexibility index (Phi) is 13.3. The average Bonchev–Trinajstić information content (AvgIpc) is 2.48. The van der Waals surface area contributed by atoms with Gasteiger partial charge in [0.1, 0.15) is 29.6 Å². The van der Waals surface area contributed by atoms with Crippen LogP contribution in [-0.4, -0.2) is 52.2 Å². The minimum atomic E-state index is -1.31. The molecule has 0 unspecified atom stereocenters. The Balaban J connectivity index is 0.00000529. The molecule has 0 saturated carbocycles. The van der Waals surface area contributed by atoms with Crippen molar-refractivity contribution in [2.75, 3.05) is 46.2 Å². The zero-order chi connectivity index (χ0) is 17.1. The fourth-order valence-corrected chi connectivity index (χ4v) is 1.54. The predicted octanol–water partition coefficient (Wildman–Crippen LogP) is -0.851. The molecule has 1 aromatic carbocycles. The molecule has 1 rings (SSSR count). The van der Waals surface area contributed by atoms with Crippen molar-refractivity contribution >= 4 is 5.97 Å². The van der Waals surface area contributed by atoms with Crippen molar-refractivity contribution in [3.05, 3.63) is 42.1 Å². The first-order valence-corrected chi connectivity index (χ1v) is 6.90. The van der Waals surface area contributed by atoms with E-state index in [-0.39, 0.29) is 49.4 Å². The monoisotopic (exact) mass is 358 g/mol. The summed E-state index contributed by atoms with van der Waals surface area (Å²) in [7, 11) is 0. The summed E-state index contributed by atoms with van der Waals surface area (Å²) in [4.78, 5) is 11.5. The van der Waals surface area contributed by atoms with Gasteiger partial charge in [0, 0.05) is 12.1 Å². The first-order chi connectivity index (χ1) is 11.1. The maximum atomic E-state index is 13.3. The fraction of sp³-hybridized carbons (Fsp3) is 0.467. The number of hydrogen-bond donors (Lipinski definition) is 0. The molecule has 24 heavy (non-hydrogen) atoms. The molecule has 130 valence electrons. The number of ether oxygens (including phenoxy) is 4. The number of carbonyl (C=O) groups is 1. The molecule has 0 fully saturated rings. The Hall–Kier alpha value is -0.640. The van der Waals surface area contributed by atoms with E-state index in [1.54, 1.807) is 0 Å². The third-order valence-corrected chi connectivity index (χ3v) is 2.56. The van der Waals surface area contributed by atoms with E-state index in [0.717, 1.165) is 0 Å². The van der Waals surface area contributed by atoms with Gasteiger partial charge in [-0.05, 0) is 0 Å². The molecule has 0 atom stereocenters. The second-order valence-electron chi connectivity index (χ2n) is 4.22. The van der Waals surface area contributed by atoms with Gasteiger partial charge < -0.3 is 25.9 Å². The number of hydrogen-bond acceptors (Lipinski definition) is 5. The van der Waals surface area contributed by atoms with Crippen molar-refractivity contribution in [2.45, 2.75) is 0 Å². The van der Waals surface area contributed by atoms with Gasteiger partial charge in [-0.3, -0.25) is 0 Å². The van der Waals surface area contributed by atoms with E-state index in [1.165, 1.54) is 0 Å². The molecule has 0 amide bonds. The van der Waals surface area contributed by atoms with E-state index in [4.69, 9.17) is 14.2 Å². The zero-order valence-electron chi connectivity index (χ0n) is 13.5. The van der Waals surface area contributed by atoms with Crippen molar-refractivity contribution < 1.29 is 66.5 Å². The Morgan fingerprint density at radius 1 is 0.875 bits per heavy atom. The second-order valence-corrected chi connectivity index (χ2v) is 4.22. The molecule has 0 heterocycles. The van der Waals surface area contributed by atoms with E-state index in [0.29, 0.717) is 38.6 Å². The van der Waals surface area contributed by atoms with Crippen molar-refractivity contribution in [3.8, 4) is 0 Å². The maximum absolute atomic E-state index is 13.3. The molecule has 0 bridgehead atoms. The molecule has 0 aliphatic rings. The Morgan fingerprint density at radius 3 is 1.83 bits per heavy atom. The van der Waals surface area contributed by atoms with Crippen LogP contribution in [-0.2, 0) is 18.9 Å². The number of carbonyl (C=O) groups excluding carboxylic acids is 1. The van der Waals surface area contributed by atoms with Gasteiger partial charge in [0.25, 0.3) is 0 Å². The Morgan fingerprint density at radius 2 is 1.33 bits per heavy atom. The molecule has 0 radical (unpaired) electrons. The summed E-state index contributed by atoms with van der Waals surface area (Å²) in [6.07, 6.45) is 0. The van der Waals surface area contributed by atoms with Crippen LogP contribution in [0.4, 0.5) is 13.2 Å².